The van der Waals surface area contributed by atoms with Gasteiger partial charge in [0.05, 0.1) is 5.75 Å². The minimum atomic E-state index is -3.29. The van der Waals surface area contributed by atoms with E-state index in [0.29, 0.717) is 6.54 Å². The Bertz CT molecular complexity index is 725. The molecule has 2 aromatic carbocycles. The third-order valence-corrected chi connectivity index (χ3v) is 6.00. The first-order valence-electron chi connectivity index (χ1n) is 7.19. The lowest BCUT2D eigenvalue weighted by Crippen LogP contribution is -2.39. The van der Waals surface area contributed by atoms with Gasteiger partial charge in [-0.15, -0.1) is 0 Å². The number of benzene rings is 2. The van der Waals surface area contributed by atoms with Crippen LogP contribution < -0.4 is 0 Å². The van der Waals surface area contributed by atoms with Crippen LogP contribution in [-0.2, 0) is 22.2 Å². The second kappa shape index (κ2) is 5.62. The van der Waals surface area contributed by atoms with E-state index in [9.17, 15) is 8.42 Å². The molecule has 0 radical (unpaired) electrons. The summed E-state index contributed by atoms with van der Waals surface area (Å²) in [7, 11) is -3.29. The van der Waals surface area contributed by atoms with Crippen LogP contribution in [0, 0.1) is 0 Å². The van der Waals surface area contributed by atoms with Crippen molar-refractivity contribution in [1.29, 1.82) is 0 Å². The van der Waals surface area contributed by atoms with Crippen molar-refractivity contribution in [3.05, 3.63) is 71.3 Å². The summed E-state index contributed by atoms with van der Waals surface area (Å²) < 4.78 is 27.0. The third-order valence-electron chi connectivity index (χ3n) is 4.09. The average molecular weight is 301 g/mol. The molecule has 0 bridgehead atoms. The highest BCUT2D eigenvalue weighted by atomic mass is 32.2. The van der Waals surface area contributed by atoms with Gasteiger partial charge in [-0.2, -0.15) is 4.31 Å². The SMILES string of the molecule is C[C@H]1c2ccccc2CCN1S(=O)(=O)Cc1ccccc1. The number of hydrogen-bond donors (Lipinski definition) is 0. The molecule has 21 heavy (non-hydrogen) atoms. The lowest BCUT2D eigenvalue weighted by molar-refractivity contribution is 0.326. The maximum absolute atomic E-state index is 12.7. The molecule has 1 aliphatic heterocycles. The Hall–Kier alpha value is -1.65. The molecule has 0 amide bonds. The molecule has 0 fully saturated rings. The number of sulfonamides is 1. The number of rotatable bonds is 3. The van der Waals surface area contributed by atoms with Crippen molar-refractivity contribution in [3.8, 4) is 0 Å². The van der Waals surface area contributed by atoms with E-state index < -0.39 is 10.0 Å². The van der Waals surface area contributed by atoms with E-state index >= 15 is 0 Å². The maximum Gasteiger partial charge on any atom is 0.218 e. The molecule has 3 rings (SSSR count). The van der Waals surface area contributed by atoms with Crippen molar-refractivity contribution in [2.45, 2.75) is 25.1 Å². The fourth-order valence-corrected chi connectivity index (χ4v) is 4.74. The molecule has 0 saturated heterocycles. The van der Waals surface area contributed by atoms with Crippen molar-refractivity contribution in [3.63, 3.8) is 0 Å². The zero-order valence-electron chi connectivity index (χ0n) is 12.1. The van der Waals surface area contributed by atoms with Gasteiger partial charge in [0.2, 0.25) is 10.0 Å². The first kappa shape index (κ1) is 14.3. The van der Waals surface area contributed by atoms with Crippen LogP contribution in [-0.4, -0.2) is 19.3 Å². The zero-order chi connectivity index (χ0) is 14.9. The van der Waals surface area contributed by atoms with E-state index in [4.69, 9.17) is 0 Å². The monoisotopic (exact) mass is 301 g/mol. The Morgan fingerprint density at radius 3 is 2.48 bits per heavy atom. The van der Waals surface area contributed by atoms with E-state index in [-0.39, 0.29) is 11.8 Å². The zero-order valence-corrected chi connectivity index (χ0v) is 12.9. The molecular weight excluding hydrogens is 282 g/mol. The van der Waals surface area contributed by atoms with E-state index in [2.05, 4.69) is 6.07 Å². The standard InChI is InChI=1S/C17H19NO2S/c1-14-17-10-6-5-9-16(17)11-12-18(14)21(19,20)13-15-7-3-2-4-8-15/h2-10,14H,11-13H2,1H3/t14-/m0/s1. The summed E-state index contributed by atoms with van der Waals surface area (Å²) in [5.41, 5.74) is 3.22. The summed E-state index contributed by atoms with van der Waals surface area (Å²) in [6.07, 6.45) is 0.786. The van der Waals surface area contributed by atoms with Gasteiger partial charge in [0.15, 0.2) is 0 Å². The van der Waals surface area contributed by atoms with Gasteiger partial charge in [0.25, 0.3) is 0 Å². The summed E-state index contributed by atoms with van der Waals surface area (Å²) in [5.74, 6) is 0.0698. The first-order valence-corrected chi connectivity index (χ1v) is 8.80. The molecule has 3 nitrogen and oxygen atoms in total. The highest BCUT2D eigenvalue weighted by molar-refractivity contribution is 7.88. The van der Waals surface area contributed by atoms with E-state index in [1.54, 1.807) is 4.31 Å². The quantitative estimate of drug-likeness (QED) is 0.873. The Morgan fingerprint density at radius 1 is 1.05 bits per heavy atom. The summed E-state index contributed by atoms with van der Waals surface area (Å²) in [6, 6.07) is 17.4. The molecule has 4 heteroatoms. The molecular formula is C17H19NO2S. The summed E-state index contributed by atoms with van der Waals surface area (Å²) >= 11 is 0. The number of nitrogens with zero attached hydrogens (tertiary/aromatic N) is 1. The van der Waals surface area contributed by atoms with Gasteiger partial charge in [-0.25, -0.2) is 8.42 Å². The summed E-state index contributed by atoms with van der Waals surface area (Å²) in [5, 5.41) is 0. The fraction of sp³-hybridized carbons (Fsp3) is 0.294. The van der Waals surface area contributed by atoms with Crippen LogP contribution in [0.2, 0.25) is 0 Å². The Labute approximate surface area is 126 Å². The molecule has 0 spiro atoms. The molecule has 0 aromatic heterocycles. The summed E-state index contributed by atoms with van der Waals surface area (Å²) in [4.78, 5) is 0. The van der Waals surface area contributed by atoms with Gasteiger partial charge in [-0.1, -0.05) is 54.6 Å². The Morgan fingerprint density at radius 2 is 1.71 bits per heavy atom. The van der Waals surface area contributed by atoms with Crippen LogP contribution in [0.4, 0.5) is 0 Å². The average Bonchev–Trinajstić information content (AvgIpc) is 2.48. The first-order chi connectivity index (χ1) is 10.1. The van der Waals surface area contributed by atoms with Gasteiger partial charge in [-0.05, 0) is 30.0 Å². The highest BCUT2D eigenvalue weighted by Crippen LogP contribution is 2.32. The van der Waals surface area contributed by atoms with Gasteiger partial charge in [0, 0.05) is 12.6 Å². The van der Waals surface area contributed by atoms with Crippen molar-refractivity contribution in [2.24, 2.45) is 0 Å². The number of fused-ring (bicyclic) bond motifs is 1. The van der Waals surface area contributed by atoms with Crippen LogP contribution in [0.1, 0.15) is 29.7 Å². The van der Waals surface area contributed by atoms with E-state index in [0.717, 1.165) is 17.5 Å². The molecule has 2 aromatic rings. The second-order valence-electron chi connectivity index (χ2n) is 5.48. The minimum Gasteiger partial charge on any atom is -0.212 e. The topological polar surface area (TPSA) is 37.4 Å². The van der Waals surface area contributed by atoms with Crippen LogP contribution in [0.5, 0.6) is 0 Å². The van der Waals surface area contributed by atoms with Crippen molar-refractivity contribution >= 4 is 10.0 Å². The van der Waals surface area contributed by atoms with Crippen LogP contribution in [0.25, 0.3) is 0 Å². The molecule has 1 aliphatic rings. The fourth-order valence-electron chi connectivity index (χ4n) is 3.00. The molecule has 110 valence electrons. The molecule has 1 atom stereocenters. The van der Waals surface area contributed by atoms with Crippen molar-refractivity contribution < 1.29 is 8.42 Å². The third kappa shape index (κ3) is 2.87. The molecule has 0 unspecified atom stereocenters. The van der Waals surface area contributed by atoms with Crippen molar-refractivity contribution in [2.75, 3.05) is 6.54 Å². The smallest absolute Gasteiger partial charge is 0.212 e. The normalized spacial score (nSPS) is 19.2. The van der Waals surface area contributed by atoms with Crippen LogP contribution >= 0.6 is 0 Å². The Balaban J connectivity index is 1.87. The van der Waals surface area contributed by atoms with Gasteiger partial charge in [0.1, 0.15) is 0 Å². The predicted molar refractivity (Wildman–Crippen MR) is 84.3 cm³/mol. The maximum atomic E-state index is 12.7. The summed E-state index contributed by atoms with van der Waals surface area (Å²) in [6.45, 7) is 2.54. The molecule has 0 saturated carbocycles. The molecule has 0 aliphatic carbocycles. The van der Waals surface area contributed by atoms with Gasteiger partial charge < -0.3 is 0 Å². The van der Waals surface area contributed by atoms with E-state index in [1.807, 2.05) is 55.5 Å². The largest absolute Gasteiger partial charge is 0.218 e. The Kier molecular flexibility index (Phi) is 3.83. The molecule has 1 heterocycles. The van der Waals surface area contributed by atoms with E-state index in [1.165, 1.54) is 5.56 Å². The molecule has 0 N–H and O–H groups in total. The second-order valence-corrected chi connectivity index (χ2v) is 7.40. The highest BCUT2D eigenvalue weighted by Gasteiger charge is 2.32. The predicted octanol–water partition coefficient (Wildman–Crippen LogP) is 3.14. The number of hydrogen-bond acceptors (Lipinski definition) is 2. The minimum absolute atomic E-state index is 0.0698. The lowest BCUT2D eigenvalue weighted by atomic mass is 9.96. The van der Waals surface area contributed by atoms with Gasteiger partial charge in [-0.3, -0.25) is 0 Å². The van der Waals surface area contributed by atoms with Crippen LogP contribution in [0.3, 0.4) is 0 Å². The van der Waals surface area contributed by atoms with Crippen LogP contribution in [0.15, 0.2) is 54.6 Å². The lowest BCUT2D eigenvalue weighted by Gasteiger charge is -2.34. The van der Waals surface area contributed by atoms with Gasteiger partial charge >= 0.3 is 0 Å². The van der Waals surface area contributed by atoms with Crippen molar-refractivity contribution in [1.82, 2.24) is 4.31 Å².